The minimum absolute atomic E-state index is 0.0216. The molecule has 3 unspecified atom stereocenters. The molecule has 2 aromatic heterocycles. The fourth-order valence-electron chi connectivity index (χ4n) is 3.29. The number of fused-ring (bicyclic) bond motifs is 1. The van der Waals surface area contributed by atoms with Crippen molar-refractivity contribution < 1.29 is 13.5 Å². The Bertz CT molecular complexity index is 738. The molecule has 1 saturated carbocycles. The van der Waals surface area contributed by atoms with Gasteiger partial charge in [-0.15, -0.1) is 0 Å². The van der Waals surface area contributed by atoms with Gasteiger partial charge >= 0.3 is 0 Å². The average molecular weight is 308 g/mol. The largest absolute Gasteiger partial charge is 0.388 e. The second-order valence-corrected chi connectivity index (χ2v) is 8.28. The van der Waals surface area contributed by atoms with E-state index in [0.717, 1.165) is 23.9 Å². The molecule has 0 bridgehead atoms. The van der Waals surface area contributed by atoms with Crippen molar-refractivity contribution in [2.75, 3.05) is 6.26 Å². The monoisotopic (exact) mass is 308 g/mol. The van der Waals surface area contributed by atoms with Crippen LogP contribution in [0.25, 0.3) is 5.52 Å². The van der Waals surface area contributed by atoms with E-state index in [4.69, 9.17) is 0 Å². The maximum absolute atomic E-state index is 11.8. The summed E-state index contributed by atoms with van der Waals surface area (Å²) < 4.78 is 25.2. The Morgan fingerprint density at radius 3 is 2.95 bits per heavy atom. The maximum atomic E-state index is 11.8. The summed E-state index contributed by atoms with van der Waals surface area (Å²) in [5.41, 5.74) is 1.67. The Labute approximate surface area is 124 Å². The number of sulfone groups is 1. The van der Waals surface area contributed by atoms with Gasteiger partial charge in [0, 0.05) is 18.0 Å². The van der Waals surface area contributed by atoms with Gasteiger partial charge < -0.3 is 5.11 Å². The van der Waals surface area contributed by atoms with E-state index in [-0.39, 0.29) is 11.2 Å². The van der Waals surface area contributed by atoms with Crippen LogP contribution in [0.5, 0.6) is 0 Å². The Kier molecular flexibility index (Phi) is 3.75. The van der Waals surface area contributed by atoms with Gasteiger partial charge in [-0.2, -0.15) is 5.10 Å². The standard InChI is InChI=1S/C15H20N2O3S/c1-21(19,20)12-6-4-5-11(9-12)15(18)13-10-16-17-8-3-2-7-14(13)17/h2-3,7-8,10-12,15,18H,4-6,9H2,1H3. The molecule has 5 nitrogen and oxygen atoms in total. The van der Waals surface area contributed by atoms with Crippen LogP contribution < -0.4 is 0 Å². The van der Waals surface area contributed by atoms with E-state index in [1.807, 2.05) is 24.4 Å². The maximum Gasteiger partial charge on any atom is 0.150 e. The highest BCUT2D eigenvalue weighted by atomic mass is 32.2. The number of aromatic nitrogens is 2. The summed E-state index contributed by atoms with van der Waals surface area (Å²) >= 11 is 0. The minimum atomic E-state index is -3.04. The third-order valence-electron chi connectivity index (χ3n) is 4.49. The van der Waals surface area contributed by atoms with Crippen LogP contribution in [-0.4, -0.2) is 34.6 Å². The number of aliphatic hydroxyl groups excluding tert-OH is 1. The molecular weight excluding hydrogens is 288 g/mol. The van der Waals surface area contributed by atoms with Gasteiger partial charge in [0.05, 0.1) is 23.1 Å². The summed E-state index contributed by atoms with van der Waals surface area (Å²) in [4.78, 5) is 0. The van der Waals surface area contributed by atoms with Gasteiger partial charge in [0.1, 0.15) is 9.84 Å². The summed E-state index contributed by atoms with van der Waals surface area (Å²) in [6, 6.07) is 5.71. The van der Waals surface area contributed by atoms with Gasteiger partial charge in [0.15, 0.2) is 0 Å². The summed E-state index contributed by atoms with van der Waals surface area (Å²) in [5, 5.41) is 14.6. The van der Waals surface area contributed by atoms with Crippen molar-refractivity contribution in [2.45, 2.75) is 37.0 Å². The van der Waals surface area contributed by atoms with E-state index in [0.29, 0.717) is 12.8 Å². The molecule has 114 valence electrons. The van der Waals surface area contributed by atoms with Crippen molar-refractivity contribution in [3.05, 3.63) is 36.2 Å². The van der Waals surface area contributed by atoms with E-state index in [2.05, 4.69) is 5.10 Å². The molecule has 1 aliphatic carbocycles. The van der Waals surface area contributed by atoms with Gasteiger partial charge in [-0.1, -0.05) is 12.5 Å². The van der Waals surface area contributed by atoms with E-state index in [1.165, 1.54) is 6.26 Å². The molecule has 0 saturated heterocycles. The topological polar surface area (TPSA) is 71.7 Å². The van der Waals surface area contributed by atoms with E-state index >= 15 is 0 Å². The summed E-state index contributed by atoms with van der Waals surface area (Å²) in [5.74, 6) is -0.0216. The van der Waals surface area contributed by atoms with Crippen LogP contribution >= 0.6 is 0 Å². The van der Waals surface area contributed by atoms with Gasteiger partial charge in [-0.25, -0.2) is 12.9 Å². The third-order valence-corrected chi connectivity index (χ3v) is 6.13. The minimum Gasteiger partial charge on any atom is -0.388 e. The fraction of sp³-hybridized carbons (Fsp3) is 0.533. The molecule has 0 amide bonds. The van der Waals surface area contributed by atoms with Crippen LogP contribution in [0.3, 0.4) is 0 Å². The first kappa shape index (κ1) is 14.5. The van der Waals surface area contributed by atoms with E-state index < -0.39 is 15.9 Å². The zero-order chi connectivity index (χ0) is 15.0. The van der Waals surface area contributed by atoms with Crippen molar-refractivity contribution >= 4 is 15.4 Å². The van der Waals surface area contributed by atoms with E-state index in [9.17, 15) is 13.5 Å². The van der Waals surface area contributed by atoms with Crippen LogP contribution in [0.15, 0.2) is 30.6 Å². The lowest BCUT2D eigenvalue weighted by Crippen LogP contribution is -2.30. The Morgan fingerprint density at radius 2 is 2.19 bits per heavy atom. The molecule has 21 heavy (non-hydrogen) atoms. The fourth-order valence-corrected chi connectivity index (χ4v) is 4.48. The molecule has 1 N–H and O–H groups in total. The van der Waals surface area contributed by atoms with Crippen molar-refractivity contribution in [1.82, 2.24) is 9.61 Å². The molecule has 2 heterocycles. The highest BCUT2D eigenvalue weighted by Crippen LogP contribution is 2.37. The van der Waals surface area contributed by atoms with Gasteiger partial charge in [0.25, 0.3) is 0 Å². The second-order valence-electron chi connectivity index (χ2n) is 5.95. The highest BCUT2D eigenvalue weighted by molar-refractivity contribution is 7.91. The van der Waals surface area contributed by atoms with Crippen molar-refractivity contribution in [3.63, 3.8) is 0 Å². The average Bonchev–Trinajstić information content (AvgIpc) is 2.90. The normalized spacial score (nSPS) is 25.0. The molecule has 1 aliphatic rings. The van der Waals surface area contributed by atoms with Crippen molar-refractivity contribution in [2.24, 2.45) is 5.92 Å². The predicted octanol–water partition coefficient (Wildman–Crippen LogP) is 1.97. The molecule has 1 fully saturated rings. The SMILES string of the molecule is CS(=O)(=O)C1CCCC(C(O)c2cnn3ccccc23)C1. The lowest BCUT2D eigenvalue weighted by molar-refractivity contribution is 0.0869. The lowest BCUT2D eigenvalue weighted by atomic mass is 9.82. The van der Waals surface area contributed by atoms with Gasteiger partial charge in [0.2, 0.25) is 0 Å². The molecular formula is C15H20N2O3S. The van der Waals surface area contributed by atoms with Crippen LogP contribution in [-0.2, 0) is 9.84 Å². The molecule has 3 rings (SSSR count). The number of aliphatic hydroxyl groups is 1. The summed E-state index contributed by atoms with van der Waals surface area (Å²) in [6.45, 7) is 0. The van der Waals surface area contributed by atoms with Crippen LogP contribution in [0.1, 0.15) is 37.4 Å². The van der Waals surface area contributed by atoms with Gasteiger partial charge in [-0.05, 0) is 37.3 Å². The molecule has 0 spiro atoms. The molecule has 3 atom stereocenters. The first-order valence-corrected chi connectivity index (χ1v) is 9.21. The first-order chi connectivity index (χ1) is 9.97. The Balaban J connectivity index is 1.86. The predicted molar refractivity (Wildman–Crippen MR) is 80.7 cm³/mol. The Hall–Kier alpha value is -1.40. The highest BCUT2D eigenvalue weighted by Gasteiger charge is 2.33. The van der Waals surface area contributed by atoms with Crippen LogP contribution in [0.4, 0.5) is 0 Å². The number of pyridine rings is 1. The quantitative estimate of drug-likeness (QED) is 0.941. The Morgan fingerprint density at radius 1 is 1.38 bits per heavy atom. The molecule has 0 radical (unpaired) electrons. The number of nitrogens with zero attached hydrogens (tertiary/aromatic N) is 2. The van der Waals surface area contributed by atoms with Gasteiger partial charge in [-0.3, -0.25) is 0 Å². The second kappa shape index (κ2) is 5.42. The molecule has 2 aromatic rings. The van der Waals surface area contributed by atoms with E-state index in [1.54, 1.807) is 10.7 Å². The number of hydrogen-bond donors (Lipinski definition) is 1. The molecule has 6 heteroatoms. The number of rotatable bonds is 3. The lowest BCUT2D eigenvalue weighted by Gasteiger charge is -2.31. The molecule has 0 aliphatic heterocycles. The van der Waals surface area contributed by atoms with Crippen LogP contribution in [0.2, 0.25) is 0 Å². The third kappa shape index (κ3) is 2.82. The van der Waals surface area contributed by atoms with Crippen LogP contribution in [0, 0.1) is 5.92 Å². The zero-order valence-corrected chi connectivity index (χ0v) is 12.8. The molecule has 0 aromatic carbocycles. The zero-order valence-electron chi connectivity index (χ0n) is 12.0. The first-order valence-electron chi connectivity index (χ1n) is 7.26. The smallest absolute Gasteiger partial charge is 0.150 e. The summed E-state index contributed by atoms with van der Waals surface area (Å²) in [7, 11) is -3.04. The number of hydrogen-bond acceptors (Lipinski definition) is 4. The summed E-state index contributed by atoms with van der Waals surface area (Å²) in [6.07, 6.45) is 7.10. The van der Waals surface area contributed by atoms with Crippen molar-refractivity contribution in [1.29, 1.82) is 0 Å². The van der Waals surface area contributed by atoms with Crippen molar-refractivity contribution in [3.8, 4) is 0 Å².